The molecule has 0 aliphatic carbocycles. The van der Waals surface area contributed by atoms with Gasteiger partial charge in [-0.3, -0.25) is 4.79 Å². The molecule has 0 aliphatic rings. The fourth-order valence-electron chi connectivity index (χ4n) is 2.05. The van der Waals surface area contributed by atoms with Crippen molar-refractivity contribution in [3.05, 3.63) is 52.5 Å². The van der Waals surface area contributed by atoms with Gasteiger partial charge in [-0.25, -0.2) is 4.39 Å². The average molecular weight is 339 g/mol. The van der Waals surface area contributed by atoms with Crippen LogP contribution in [-0.4, -0.2) is 17.5 Å². The Bertz CT molecular complexity index is 637. The highest BCUT2D eigenvalue weighted by Crippen LogP contribution is 2.24. The van der Waals surface area contributed by atoms with Crippen LogP contribution in [0.5, 0.6) is 0 Å². The molecule has 0 fully saturated rings. The van der Waals surface area contributed by atoms with Gasteiger partial charge in [0.2, 0.25) is 0 Å². The Morgan fingerprint density at radius 2 is 2.00 bits per heavy atom. The molecule has 3 nitrogen and oxygen atoms in total. The molecule has 0 spiro atoms. The van der Waals surface area contributed by atoms with Crippen molar-refractivity contribution in [2.75, 3.05) is 11.9 Å². The van der Waals surface area contributed by atoms with E-state index in [0.717, 1.165) is 4.47 Å². The standard InChI is InChI=1S/C15H16BrFN2O/c1-10(2)19-9-11(16)8-14(19)15(20)18(3)13-7-5-4-6-12(13)17/h4-10H,1-3H3. The number of amides is 1. The molecule has 1 aromatic heterocycles. The lowest BCUT2D eigenvalue weighted by atomic mass is 10.2. The molecular weight excluding hydrogens is 323 g/mol. The number of benzene rings is 1. The minimum atomic E-state index is -0.412. The predicted octanol–water partition coefficient (Wildman–Crippen LogP) is 4.25. The SMILES string of the molecule is CC(C)n1cc(Br)cc1C(=O)N(C)c1ccccc1F. The van der Waals surface area contributed by atoms with Crippen molar-refractivity contribution < 1.29 is 9.18 Å². The molecular formula is C15H16BrFN2O. The van der Waals surface area contributed by atoms with E-state index in [-0.39, 0.29) is 17.6 Å². The number of para-hydroxylation sites is 1. The maximum absolute atomic E-state index is 13.8. The molecule has 1 amide bonds. The number of hydrogen-bond donors (Lipinski definition) is 0. The van der Waals surface area contributed by atoms with Gasteiger partial charge in [-0.15, -0.1) is 0 Å². The van der Waals surface area contributed by atoms with Crippen molar-refractivity contribution in [1.82, 2.24) is 4.57 Å². The van der Waals surface area contributed by atoms with Crippen molar-refractivity contribution in [2.45, 2.75) is 19.9 Å². The summed E-state index contributed by atoms with van der Waals surface area (Å²) in [6.07, 6.45) is 1.85. The highest BCUT2D eigenvalue weighted by atomic mass is 79.9. The van der Waals surface area contributed by atoms with Crippen molar-refractivity contribution in [3.8, 4) is 0 Å². The molecule has 0 aliphatic heterocycles. The summed E-state index contributed by atoms with van der Waals surface area (Å²) in [5.41, 5.74) is 0.794. The molecule has 0 N–H and O–H groups in total. The summed E-state index contributed by atoms with van der Waals surface area (Å²) in [5, 5.41) is 0. The van der Waals surface area contributed by atoms with E-state index in [1.807, 2.05) is 24.6 Å². The van der Waals surface area contributed by atoms with Crippen molar-refractivity contribution in [3.63, 3.8) is 0 Å². The first-order chi connectivity index (χ1) is 9.41. The molecule has 0 radical (unpaired) electrons. The van der Waals surface area contributed by atoms with Crippen LogP contribution in [0.2, 0.25) is 0 Å². The summed E-state index contributed by atoms with van der Waals surface area (Å²) >= 11 is 3.37. The van der Waals surface area contributed by atoms with Gasteiger partial charge in [-0.2, -0.15) is 0 Å². The van der Waals surface area contributed by atoms with Crippen LogP contribution in [0.4, 0.5) is 10.1 Å². The quantitative estimate of drug-likeness (QED) is 0.821. The van der Waals surface area contributed by atoms with E-state index in [9.17, 15) is 9.18 Å². The molecule has 2 aromatic rings. The maximum atomic E-state index is 13.8. The minimum absolute atomic E-state index is 0.147. The number of halogens is 2. The number of hydrogen-bond acceptors (Lipinski definition) is 1. The van der Waals surface area contributed by atoms with Crippen LogP contribution in [0.1, 0.15) is 30.4 Å². The number of rotatable bonds is 3. The summed E-state index contributed by atoms with van der Waals surface area (Å²) in [7, 11) is 1.58. The third-order valence-electron chi connectivity index (χ3n) is 3.11. The van der Waals surface area contributed by atoms with Crippen LogP contribution >= 0.6 is 15.9 Å². The van der Waals surface area contributed by atoms with E-state index < -0.39 is 5.82 Å². The number of aromatic nitrogens is 1. The zero-order valence-corrected chi connectivity index (χ0v) is 13.2. The second kappa shape index (κ2) is 5.79. The Morgan fingerprint density at radius 3 is 2.60 bits per heavy atom. The maximum Gasteiger partial charge on any atom is 0.274 e. The van der Waals surface area contributed by atoms with E-state index in [1.54, 1.807) is 31.3 Å². The normalized spacial score (nSPS) is 10.9. The average Bonchev–Trinajstić information content (AvgIpc) is 2.80. The van der Waals surface area contributed by atoms with E-state index in [4.69, 9.17) is 0 Å². The van der Waals surface area contributed by atoms with Crippen molar-refractivity contribution in [2.24, 2.45) is 0 Å². The third kappa shape index (κ3) is 2.77. The summed E-state index contributed by atoms with van der Waals surface area (Å²) in [4.78, 5) is 13.9. The lowest BCUT2D eigenvalue weighted by Crippen LogP contribution is -2.29. The zero-order chi connectivity index (χ0) is 14.9. The van der Waals surface area contributed by atoms with Crippen LogP contribution in [0.15, 0.2) is 41.0 Å². The van der Waals surface area contributed by atoms with E-state index in [2.05, 4.69) is 15.9 Å². The van der Waals surface area contributed by atoms with Crippen LogP contribution in [-0.2, 0) is 0 Å². The largest absolute Gasteiger partial charge is 0.340 e. The lowest BCUT2D eigenvalue weighted by molar-refractivity contribution is 0.0982. The third-order valence-corrected chi connectivity index (χ3v) is 3.54. The summed E-state index contributed by atoms with van der Waals surface area (Å²) in [6, 6.07) is 8.14. The first kappa shape index (κ1) is 14.8. The van der Waals surface area contributed by atoms with Crippen LogP contribution in [0, 0.1) is 5.82 Å². The Labute approximate surface area is 126 Å². The minimum Gasteiger partial charge on any atom is -0.340 e. The molecule has 0 saturated heterocycles. The lowest BCUT2D eigenvalue weighted by Gasteiger charge is -2.20. The van der Waals surface area contributed by atoms with Gasteiger partial charge in [0.15, 0.2) is 0 Å². The van der Waals surface area contributed by atoms with Gasteiger partial charge >= 0.3 is 0 Å². The monoisotopic (exact) mass is 338 g/mol. The number of anilines is 1. The fraction of sp³-hybridized carbons (Fsp3) is 0.267. The Kier molecular flexibility index (Phi) is 4.28. The van der Waals surface area contributed by atoms with Gasteiger partial charge < -0.3 is 9.47 Å². The predicted molar refractivity (Wildman–Crippen MR) is 81.7 cm³/mol. The zero-order valence-electron chi connectivity index (χ0n) is 11.6. The molecule has 0 bridgehead atoms. The highest BCUT2D eigenvalue weighted by molar-refractivity contribution is 9.10. The van der Waals surface area contributed by atoms with Crippen LogP contribution in [0.25, 0.3) is 0 Å². The molecule has 106 valence electrons. The van der Waals surface area contributed by atoms with E-state index in [1.165, 1.54) is 11.0 Å². The van der Waals surface area contributed by atoms with Gasteiger partial charge in [-0.05, 0) is 48.0 Å². The first-order valence-corrected chi connectivity index (χ1v) is 7.11. The summed E-state index contributed by atoms with van der Waals surface area (Å²) in [5.74, 6) is -0.653. The molecule has 1 heterocycles. The van der Waals surface area contributed by atoms with Crippen LogP contribution in [0.3, 0.4) is 0 Å². The van der Waals surface area contributed by atoms with Gasteiger partial charge in [0.25, 0.3) is 5.91 Å². The Balaban J connectivity index is 2.39. The topological polar surface area (TPSA) is 25.2 Å². The van der Waals surface area contributed by atoms with Gasteiger partial charge in [0, 0.05) is 23.8 Å². The van der Waals surface area contributed by atoms with E-state index in [0.29, 0.717) is 5.69 Å². The van der Waals surface area contributed by atoms with Gasteiger partial charge in [-0.1, -0.05) is 12.1 Å². The molecule has 0 saturated carbocycles. The first-order valence-electron chi connectivity index (χ1n) is 6.31. The van der Waals surface area contributed by atoms with E-state index >= 15 is 0 Å². The molecule has 1 aromatic carbocycles. The molecule has 5 heteroatoms. The second-order valence-corrected chi connectivity index (χ2v) is 5.78. The molecule has 0 atom stereocenters. The van der Waals surface area contributed by atoms with Crippen molar-refractivity contribution >= 4 is 27.5 Å². The number of carbonyl (C=O) groups is 1. The summed E-state index contributed by atoms with van der Waals surface area (Å²) < 4.78 is 16.5. The van der Waals surface area contributed by atoms with Crippen molar-refractivity contribution in [1.29, 1.82) is 0 Å². The molecule has 2 rings (SSSR count). The van der Waals surface area contributed by atoms with Crippen LogP contribution < -0.4 is 4.90 Å². The summed E-state index contributed by atoms with van der Waals surface area (Å²) in [6.45, 7) is 3.98. The fourth-order valence-corrected chi connectivity index (χ4v) is 2.49. The molecule has 20 heavy (non-hydrogen) atoms. The van der Waals surface area contributed by atoms with Gasteiger partial charge in [0.05, 0.1) is 5.69 Å². The number of nitrogens with zero attached hydrogens (tertiary/aromatic N) is 2. The second-order valence-electron chi connectivity index (χ2n) is 4.86. The Morgan fingerprint density at radius 1 is 1.35 bits per heavy atom. The number of carbonyl (C=O) groups excluding carboxylic acids is 1. The van der Waals surface area contributed by atoms with Gasteiger partial charge in [0.1, 0.15) is 11.5 Å². The molecule has 0 unspecified atom stereocenters. The highest BCUT2D eigenvalue weighted by Gasteiger charge is 2.21. The Hall–Kier alpha value is -1.62. The smallest absolute Gasteiger partial charge is 0.274 e.